The SMILES string of the molecule is CC(C)C(N)c1cncn1-c1ccccc1N(C)C. The summed E-state index contributed by atoms with van der Waals surface area (Å²) < 4.78 is 2.08. The summed E-state index contributed by atoms with van der Waals surface area (Å²) >= 11 is 0. The zero-order chi connectivity index (χ0) is 14.0. The van der Waals surface area contributed by atoms with Crippen LogP contribution >= 0.6 is 0 Å². The van der Waals surface area contributed by atoms with Gasteiger partial charge in [0.2, 0.25) is 0 Å². The van der Waals surface area contributed by atoms with Crippen molar-refractivity contribution in [2.75, 3.05) is 19.0 Å². The predicted octanol–water partition coefficient (Wildman–Crippen LogP) is 2.59. The molecule has 0 spiro atoms. The van der Waals surface area contributed by atoms with E-state index >= 15 is 0 Å². The summed E-state index contributed by atoms with van der Waals surface area (Å²) in [6.07, 6.45) is 3.69. The van der Waals surface area contributed by atoms with Crippen molar-refractivity contribution < 1.29 is 0 Å². The third-order valence-electron chi connectivity index (χ3n) is 3.35. The van der Waals surface area contributed by atoms with E-state index in [2.05, 4.69) is 40.4 Å². The molecule has 0 aliphatic carbocycles. The van der Waals surface area contributed by atoms with E-state index in [9.17, 15) is 0 Å². The van der Waals surface area contributed by atoms with E-state index in [0.717, 1.165) is 17.1 Å². The van der Waals surface area contributed by atoms with Gasteiger partial charge in [-0.3, -0.25) is 4.57 Å². The number of benzene rings is 1. The van der Waals surface area contributed by atoms with Gasteiger partial charge in [0, 0.05) is 20.1 Å². The second-order valence-electron chi connectivity index (χ2n) is 5.34. The first-order chi connectivity index (χ1) is 9.02. The van der Waals surface area contributed by atoms with Crippen molar-refractivity contribution in [2.45, 2.75) is 19.9 Å². The Balaban J connectivity index is 2.52. The summed E-state index contributed by atoms with van der Waals surface area (Å²) in [6, 6.07) is 8.25. The van der Waals surface area contributed by atoms with Crippen molar-refractivity contribution >= 4 is 5.69 Å². The minimum Gasteiger partial charge on any atom is -0.376 e. The summed E-state index contributed by atoms with van der Waals surface area (Å²) in [4.78, 5) is 6.36. The summed E-state index contributed by atoms with van der Waals surface area (Å²) in [5.41, 5.74) is 9.58. The van der Waals surface area contributed by atoms with Crippen molar-refractivity contribution in [3.63, 3.8) is 0 Å². The first kappa shape index (κ1) is 13.6. The van der Waals surface area contributed by atoms with Crippen LogP contribution in [0.25, 0.3) is 5.69 Å². The summed E-state index contributed by atoms with van der Waals surface area (Å²) in [7, 11) is 4.08. The highest BCUT2D eigenvalue weighted by Gasteiger charge is 2.17. The van der Waals surface area contributed by atoms with E-state index in [0.29, 0.717) is 5.92 Å². The standard InChI is InChI=1S/C15H22N4/c1-11(2)15(16)14-9-17-10-19(14)13-8-6-5-7-12(13)18(3)4/h5-11,15H,16H2,1-4H3. The number of nitrogens with two attached hydrogens (primary N) is 1. The zero-order valence-corrected chi connectivity index (χ0v) is 12.0. The molecule has 0 aliphatic rings. The van der Waals surface area contributed by atoms with Crippen LogP contribution in [0.15, 0.2) is 36.8 Å². The minimum atomic E-state index is -0.0160. The smallest absolute Gasteiger partial charge is 0.0995 e. The largest absolute Gasteiger partial charge is 0.376 e. The number of anilines is 1. The molecule has 4 nitrogen and oxygen atoms in total. The Hall–Kier alpha value is -1.81. The van der Waals surface area contributed by atoms with Crippen molar-refractivity contribution in [2.24, 2.45) is 11.7 Å². The van der Waals surface area contributed by atoms with Crippen LogP contribution < -0.4 is 10.6 Å². The van der Waals surface area contributed by atoms with Gasteiger partial charge in [-0.15, -0.1) is 0 Å². The fourth-order valence-corrected chi connectivity index (χ4v) is 2.14. The Morgan fingerprint density at radius 2 is 1.89 bits per heavy atom. The number of imidazole rings is 1. The predicted molar refractivity (Wildman–Crippen MR) is 79.7 cm³/mol. The van der Waals surface area contributed by atoms with Gasteiger partial charge in [0.1, 0.15) is 0 Å². The molecule has 1 aromatic heterocycles. The first-order valence-corrected chi connectivity index (χ1v) is 6.57. The van der Waals surface area contributed by atoms with Gasteiger partial charge in [-0.1, -0.05) is 26.0 Å². The number of rotatable bonds is 4. The third kappa shape index (κ3) is 2.63. The maximum Gasteiger partial charge on any atom is 0.0995 e. The Morgan fingerprint density at radius 1 is 1.21 bits per heavy atom. The fourth-order valence-electron chi connectivity index (χ4n) is 2.14. The van der Waals surface area contributed by atoms with Gasteiger partial charge < -0.3 is 10.6 Å². The average Bonchev–Trinajstić information content (AvgIpc) is 2.86. The van der Waals surface area contributed by atoms with E-state index in [1.165, 1.54) is 0 Å². The van der Waals surface area contributed by atoms with Crippen LogP contribution in [0.2, 0.25) is 0 Å². The topological polar surface area (TPSA) is 47.1 Å². The molecule has 0 saturated heterocycles. The lowest BCUT2D eigenvalue weighted by Gasteiger charge is -2.22. The van der Waals surface area contributed by atoms with Crippen molar-refractivity contribution in [3.8, 4) is 5.69 Å². The van der Waals surface area contributed by atoms with Crippen LogP contribution in [0.1, 0.15) is 25.6 Å². The average molecular weight is 258 g/mol. The van der Waals surface area contributed by atoms with E-state index in [1.54, 1.807) is 0 Å². The molecule has 2 aromatic rings. The van der Waals surface area contributed by atoms with Gasteiger partial charge in [-0.25, -0.2) is 4.98 Å². The summed E-state index contributed by atoms with van der Waals surface area (Å²) in [5.74, 6) is 0.377. The maximum absolute atomic E-state index is 6.27. The van der Waals surface area contributed by atoms with E-state index < -0.39 is 0 Å². The molecule has 0 fully saturated rings. The molecule has 1 unspecified atom stereocenters. The maximum atomic E-state index is 6.27. The molecule has 2 N–H and O–H groups in total. The molecule has 0 aliphatic heterocycles. The fraction of sp³-hybridized carbons (Fsp3) is 0.400. The molecule has 1 aromatic carbocycles. The molecular formula is C15H22N4. The highest BCUT2D eigenvalue weighted by Crippen LogP contribution is 2.27. The Kier molecular flexibility index (Phi) is 3.90. The monoisotopic (exact) mass is 258 g/mol. The molecular weight excluding hydrogens is 236 g/mol. The molecule has 102 valence electrons. The minimum absolute atomic E-state index is 0.0160. The molecule has 1 atom stereocenters. The van der Waals surface area contributed by atoms with Gasteiger partial charge in [0.15, 0.2) is 0 Å². The Labute approximate surface area is 114 Å². The van der Waals surface area contributed by atoms with E-state index in [4.69, 9.17) is 5.73 Å². The lowest BCUT2D eigenvalue weighted by atomic mass is 10.0. The molecule has 2 rings (SSSR count). The lowest BCUT2D eigenvalue weighted by molar-refractivity contribution is 0.497. The van der Waals surface area contributed by atoms with Gasteiger partial charge in [0.25, 0.3) is 0 Å². The van der Waals surface area contributed by atoms with Gasteiger partial charge in [-0.05, 0) is 18.1 Å². The number of hydrogen-bond acceptors (Lipinski definition) is 3. The highest BCUT2D eigenvalue weighted by atomic mass is 15.1. The van der Waals surface area contributed by atoms with Crippen LogP contribution in [0.4, 0.5) is 5.69 Å². The van der Waals surface area contributed by atoms with Gasteiger partial charge in [0.05, 0.1) is 29.6 Å². The van der Waals surface area contributed by atoms with Gasteiger partial charge in [-0.2, -0.15) is 0 Å². The lowest BCUT2D eigenvalue weighted by Crippen LogP contribution is -2.21. The van der Waals surface area contributed by atoms with E-state index in [1.807, 2.05) is 38.8 Å². The van der Waals surface area contributed by atoms with Crippen molar-refractivity contribution in [1.29, 1.82) is 0 Å². The highest BCUT2D eigenvalue weighted by molar-refractivity contribution is 5.62. The normalized spacial score (nSPS) is 12.7. The molecule has 1 heterocycles. The first-order valence-electron chi connectivity index (χ1n) is 6.57. The summed E-state index contributed by atoms with van der Waals surface area (Å²) in [6.45, 7) is 4.25. The Bertz CT molecular complexity index is 543. The van der Waals surface area contributed by atoms with Crippen LogP contribution in [0.3, 0.4) is 0 Å². The van der Waals surface area contributed by atoms with Crippen molar-refractivity contribution in [1.82, 2.24) is 9.55 Å². The second kappa shape index (κ2) is 5.45. The molecule has 4 heteroatoms. The number of aromatic nitrogens is 2. The molecule has 19 heavy (non-hydrogen) atoms. The summed E-state index contributed by atoms with van der Waals surface area (Å²) in [5, 5.41) is 0. The van der Waals surface area contributed by atoms with Crippen LogP contribution in [0, 0.1) is 5.92 Å². The molecule has 0 amide bonds. The zero-order valence-electron chi connectivity index (χ0n) is 12.0. The number of hydrogen-bond donors (Lipinski definition) is 1. The Morgan fingerprint density at radius 3 is 2.53 bits per heavy atom. The molecule has 0 saturated carbocycles. The number of nitrogens with zero attached hydrogens (tertiary/aromatic N) is 3. The molecule has 0 radical (unpaired) electrons. The quantitative estimate of drug-likeness (QED) is 0.917. The van der Waals surface area contributed by atoms with Crippen LogP contribution in [0.5, 0.6) is 0 Å². The van der Waals surface area contributed by atoms with Crippen LogP contribution in [-0.4, -0.2) is 23.6 Å². The number of para-hydroxylation sites is 2. The van der Waals surface area contributed by atoms with Crippen molar-refractivity contribution in [3.05, 3.63) is 42.5 Å². The van der Waals surface area contributed by atoms with Crippen LogP contribution in [-0.2, 0) is 0 Å². The van der Waals surface area contributed by atoms with Gasteiger partial charge >= 0.3 is 0 Å². The van der Waals surface area contributed by atoms with E-state index in [-0.39, 0.29) is 6.04 Å². The second-order valence-corrected chi connectivity index (χ2v) is 5.34. The molecule has 0 bridgehead atoms. The third-order valence-corrected chi connectivity index (χ3v) is 3.35.